The lowest BCUT2D eigenvalue weighted by Crippen LogP contribution is -2.34. The van der Waals surface area contributed by atoms with Crippen LogP contribution in [0.3, 0.4) is 0 Å². The van der Waals surface area contributed by atoms with Crippen molar-refractivity contribution in [2.24, 2.45) is 4.99 Å². The van der Waals surface area contributed by atoms with E-state index in [2.05, 4.69) is 4.99 Å². The predicted octanol–water partition coefficient (Wildman–Crippen LogP) is 3.25. The Morgan fingerprint density at radius 3 is 2.75 bits per heavy atom. The third-order valence-electron chi connectivity index (χ3n) is 2.82. The molecule has 1 aromatic rings. The van der Waals surface area contributed by atoms with Gasteiger partial charge in [-0.2, -0.15) is 0 Å². The number of nitrogens with zero attached hydrogens (tertiary/aromatic N) is 2. The van der Waals surface area contributed by atoms with Crippen molar-refractivity contribution in [3.63, 3.8) is 0 Å². The van der Waals surface area contributed by atoms with Crippen LogP contribution in [0.2, 0.25) is 10.0 Å². The van der Waals surface area contributed by atoms with E-state index in [-0.39, 0.29) is 5.75 Å². The normalized spacial score (nSPS) is 15.6. The lowest BCUT2D eigenvalue weighted by molar-refractivity contribution is 0.541. The maximum atomic E-state index is 11.9. The SMILES string of the molecule is CCS(=O)(=O)N1CCN=C1SCc1ccc(Cl)c(Cl)c1. The van der Waals surface area contributed by atoms with Crippen molar-refractivity contribution in [2.75, 3.05) is 18.8 Å². The molecular formula is C12H14Cl2N2O2S2. The zero-order valence-corrected chi connectivity index (χ0v) is 14.0. The average Bonchev–Trinajstić information content (AvgIpc) is 2.89. The molecule has 0 saturated carbocycles. The van der Waals surface area contributed by atoms with Crippen LogP contribution in [0.5, 0.6) is 0 Å². The Morgan fingerprint density at radius 1 is 1.35 bits per heavy atom. The van der Waals surface area contributed by atoms with E-state index < -0.39 is 10.0 Å². The Kier molecular flexibility index (Phi) is 5.23. The van der Waals surface area contributed by atoms with Crippen LogP contribution in [0.15, 0.2) is 23.2 Å². The molecule has 0 spiro atoms. The second kappa shape index (κ2) is 6.56. The molecule has 110 valence electrons. The van der Waals surface area contributed by atoms with Crippen LogP contribution in [-0.4, -0.2) is 36.7 Å². The van der Waals surface area contributed by atoms with Crippen molar-refractivity contribution >= 4 is 50.2 Å². The summed E-state index contributed by atoms with van der Waals surface area (Å²) < 4.78 is 25.2. The molecule has 8 heteroatoms. The van der Waals surface area contributed by atoms with Gasteiger partial charge in [0.2, 0.25) is 10.0 Å². The van der Waals surface area contributed by atoms with Crippen molar-refractivity contribution in [1.29, 1.82) is 0 Å². The molecule has 1 aromatic carbocycles. The maximum absolute atomic E-state index is 11.9. The Bertz CT molecular complexity index is 632. The van der Waals surface area contributed by atoms with Crippen molar-refractivity contribution in [2.45, 2.75) is 12.7 Å². The predicted molar refractivity (Wildman–Crippen MR) is 86.2 cm³/mol. The third kappa shape index (κ3) is 3.61. The van der Waals surface area contributed by atoms with Gasteiger partial charge in [0.05, 0.1) is 28.9 Å². The summed E-state index contributed by atoms with van der Waals surface area (Å²) >= 11 is 13.2. The molecule has 0 N–H and O–H groups in total. The molecular weight excluding hydrogens is 339 g/mol. The molecule has 2 rings (SSSR count). The van der Waals surface area contributed by atoms with Gasteiger partial charge in [-0.05, 0) is 24.6 Å². The Hall–Kier alpha value is -0.430. The molecule has 0 unspecified atom stereocenters. The largest absolute Gasteiger partial charge is 0.260 e. The van der Waals surface area contributed by atoms with E-state index >= 15 is 0 Å². The molecule has 4 nitrogen and oxygen atoms in total. The highest BCUT2D eigenvalue weighted by atomic mass is 35.5. The molecule has 0 radical (unpaired) electrons. The van der Waals surface area contributed by atoms with Crippen molar-refractivity contribution < 1.29 is 8.42 Å². The number of halogens is 2. The highest BCUT2D eigenvalue weighted by Crippen LogP contribution is 2.27. The molecule has 1 heterocycles. The first-order chi connectivity index (χ1) is 9.44. The summed E-state index contributed by atoms with van der Waals surface area (Å²) in [7, 11) is -3.23. The van der Waals surface area contributed by atoms with Crippen LogP contribution in [0.25, 0.3) is 0 Å². The highest BCUT2D eigenvalue weighted by Gasteiger charge is 2.27. The smallest absolute Gasteiger partial charge is 0.236 e. The number of benzene rings is 1. The number of aliphatic imine (C=N–C) groups is 1. The molecule has 0 aromatic heterocycles. The standard InChI is InChI=1S/C12H14Cl2N2O2S2/c1-2-20(17,18)16-6-5-15-12(16)19-8-9-3-4-10(13)11(14)7-9/h3-4,7H,2,5-6,8H2,1H3. The van der Waals surface area contributed by atoms with E-state index in [0.29, 0.717) is 34.1 Å². The van der Waals surface area contributed by atoms with E-state index in [1.807, 2.05) is 6.07 Å². The molecule has 0 aliphatic carbocycles. The molecule has 1 aliphatic rings. The van der Waals surface area contributed by atoms with E-state index in [1.165, 1.54) is 16.1 Å². The zero-order valence-electron chi connectivity index (χ0n) is 10.8. The molecule has 0 fully saturated rings. The summed E-state index contributed by atoms with van der Waals surface area (Å²) in [6.07, 6.45) is 0. The van der Waals surface area contributed by atoms with Crippen LogP contribution < -0.4 is 0 Å². The summed E-state index contributed by atoms with van der Waals surface area (Å²) in [6.45, 7) is 2.58. The van der Waals surface area contributed by atoms with Crippen LogP contribution >= 0.6 is 35.0 Å². The number of sulfonamides is 1. The second-order valence-electron chi connectivity index (χ2n) is 4.17. The molecule has 0 amide bonds. The fourth-order valence-corrected chi connectivity index (χ4v) is 4.40. The quantitative estimate of drug-likeness (QED) is 0.835. The lowest BCUT2D eigenvalue weighted by Gasteiger charge is -2.18. The first-order valence-corrected chi connectivity index (χ1v) is 9.40. The molecule has 0 bridgehead atoms. The summed E-state index contributed by atoms with van der Waals surface area (Å²) in [5.74, 6) is 0.685. The van der Waals surface area contributed by atoms with Gasteiger partial charge in [-0.1, -0.05) is 41.0 Å². The van der Waals surface area contributed by atoms with Gasteiger partial charge < -0.3 is 0 Å². The van der Waals surface area contributed by atoms with Crippen molar-refractivity contribution in [1.82, 2.24) is 4.31 Å². The monoisotopic (exact) mass is 352 g/mol. The van der Waals surface area contributed by atoms with Gasteiger partial charge in [0, 0.05) is 5.75 Å². The van der Waals surface area contributed by atoms with E-state index in [0.717, 1.165) is 5.56 Å². The first-order valence-electron chi connectivity index (χ1n) is 6.05. The average molecular weight is 353 g/mol. The van der Waals surface area contributed by atoms with Crippen LogP contribution in [0.4, 0.5) is 0 Å². The summed E-state index contributed by atoms with van der Waals surface area (Å²) in [5.41, 5.74) is 0.979. The number of hydrogen-bond acceptors (Lipinski definition) is 4. The van der Waals surface area contributed by atoms with Gasteiger partial charge in [0.15, 0.2) is 5.17 Å². The van der Waals surface area contributed by atoms with Gasteiger partial charge in [-0.15, -0.1) is 0 Å². The highest BCUT2D eigenvalue weighted by molar-refractivity contribution is 8.14. The van der Waals surface area contributed by atoms with Gasteiger partial charge in [0.1, 0.15) is 0 Å². The fourth-order valence-electron chi connectivity index (χ4n) is 1.72. The van der Waals surface area contributed by atoms with E-state index in [9.17, 15) is 8.42 Å². The first kappa shape index (κ1) is 15.9. The Labute approximate surface area is 133 Å². The number of thioether (sulfide) groups is 1. The summed E-state index contributed by atoms with van der Waals surface area (Å²) in [6, 6.07) is 5.39. The minimum absolute atomic E-state index is 0.0827. The van der Waals surface area contributed by atoms with Crippen LogP contribution in [0, 0.1) is 0 Å². The van der Waals surface area contributed by atoms with Gasteiger partial charge >= 0.3 is 0 Å². The minimum Gasteiger partial charge on any atom is -0.260 e. The van der Waals surface area contributed by atoms with E-state index in [4.69, 9.17) is 23.2 Å². The van der Waals surface area contributed by atoms with Crippen LogP contribution in [-0.2, 0) is 15.8 Å². The van der Waals surface area contributed by atoms with Crippen molar-refractivity contribution in [3.05, 3.63) is 33.8 Å². The van der Waals surface area contributed by atoms with E-state index in [1.54, 1.807) is 19.1 Å². The second-order valence-corrected chi connectivity index (χ2v) is 8.11. The topological polar surface area (TPSA) is 49.7 Å². The lowest BCUT2D eigenvalue weighted by atomic mass is 10.2. The zero-order chi connectivity index (χ0) is 14.8. The molecule has 1 aliphatic heterocycles. The van der Waals surface area contributed by atoms with Gasteiger partial charge in [0.25, 0.3) is 0 Å². The molecule has 20 heavy (non-hydrogen) atoms. The Morgan fingerprint density at radius 2 is 2.10 bits per heavy atom. The summed E-state index contributed by atoms with van der Waals surface area (Å²) in [5, 5.41) is 1.56. The number of hydrogen-bond donors (Lipinski definition) is 0. The molecule has 0 saturated heterocycles. The summed E-state index contributed by atoms with van der Waals surface area (Å²) in [4.78, 5) is 4.25. The number of rotatable bonds is 4. The number of amidine groups is 1. The van der Waals surface area contributed by atoms with Gasteiger partial charge in [-0.3, -0.25) is 4.99 Å². The van der Waals surface area contributed by atoms with Crippen LogP contribution in [0.1, 0.15) is 12.5 Å². The van der Waals surface area contributed by atoms with Gasteiger partial charge in [-0.25, -0.2) is 12.7 Å². The Balaban J connectivity index is 2.05. The van der Waals surface area contributed by atoms with Crippen molar-refractivity contribution in [3.8, 4) is 0 Å². The molecule has 0 atom stereocenters. The fraction of sp³-hybridized carbons (Fsp3) is 0.417. The maximum Gasteiger partial charge on any atom is 0.236 e. The minimum atomic E-state index is -3.23. The third-order valence-corrected chi connectivity index (χ3v) is 6.51.